The van der Waals surface area contributed by atoms with Crippen molar-refractivity contribution in [3.63, 3.8) is 0 Å². The molecule has 0 saturated heterocycles. The van der Waals surface area contributed by atoms with Crippen LogP contribution in [0.3, 0.4) is 0 Å². The van der Waals surface area contributed by atoms with Crippen molar-refractivity contribution in [1.82, 2.24) is 4.90 Å². The molecule has 0 heterocycles. The molecule has 0 aromatic carbocycles. The molecular weight excluding hydrogens is 278 g/mol. The Morgan fingerprint density at radius 1 is 1.06 bits per heavy atom. The first-order chi connectivity index (χ1) is 8.09. The summed E-state index contributed by atoms with van der Waals surface area (Å²) in [5, 5.41) is 0. The summed E-state index contributed by atoms with van der Waals surface area (Å²) in [6.45, 7) is 5.02. The van der Waals surface area contributed by atoms with Gasteiger partial charge in [-0.1, -0.05) is 67.8 Å². The van der Waals surface area contributed by atoms with Gasteiger partial charge in [0.15, 0.2) is 0 Å². The number of unbranched alkanes of at least 4 members (excludes halogenated alkanes) is 7. The molecule has 102 valence electrons. The molecule has 0 aliphatic rings. The fraction of sp³-hybridized carbons (Fsp3) is 0.929. The van der Waals surface area contributed by atoms with Gasteiger partial charge in [-0.15, -0.1) is 0 Å². The van der Waals surface area contributed by atoms with Crippen molar-refractivity contribution in [1.29, 1.82) is 0 Å². The molecule has 0 aromatic rings. The number of alkyl halides is 1. The zero-order valence-electron chi connectivity index (χ0n) is 11.7. The summed E-state index contributed by atoms with van der Waals surface area (Å²) in [6.07, 6.45) is 10.5. The summed E-state index contributed by atoms with van der Waals surface area (Å²) >= 11 is 3.31. The van der Waals surface area contributed by atoms with Crippen molar-refractivity contribution < 1.29 is 4.79 Å². The number of carbonyl (C=O) groups is 1. The molecule has 1 atom stereocenters. The van der Waals surface area contributed by atoms with Gasteiger partial charge < -0.3 is 4.90 Å². The van der Waals surface area contributed by atoms with Crippen LogP contribution in [0.25, 0.3) is 0 Å². The van der Waals surface area contributed by atoms with Crippen LogP contribution < -0.4 is 0 Å². The second-order valence-corrected chi connectivity index (χ2v) is 6.22. The average molecular weight is 306 g/mol. The Morgan fingerprint density at radius 3 is 2.00 bits per heavy atom. The molecule has 3 heteroatoms. The maximum absolute atomic E-state index is 11.6. The molecule has 2 nitrogen and oxygen atoms in total. The van der Waals surface area contributed by atoms with E-state index in [0.29, 0.717) is 0 Å². The van der Waals surface area contributed by atoms with Crippen molar-refractivity contribution in [3.05, 3.63) is 0 Å². The van der Waals surface area contributed by atoms with Gasteiger partial charge in [0.2, 0.25) is 5.91 Å². The van der Waals surface area contributed by atoms with Crippen molar-refractivity contribution >= 4 is 21.8 Å². The number of amides is 1. The van der Waals surface area contributed by atoms with Crippen LogP contribution >= 0.6 is 15.9 Å². The standard InChI is InChI=1S/C14H28BrNO/c1-4-5-6-7-8-9-10-11-12-16(3)14(17)13(2)15/h13H,4-12H2,1-3H3. The lowest BCUT2D eigenvalue weighted by molar-refractivity contribution is -0.128. The Labute approximate surface area is 115 Å². The van der Waals surface area contributed by atoms with E-state index in [0.717, 1.165) is 13.0 Å². The van der Waals surface area contributed by atoms with Crippen LogP contribution in [-0.2, 0) is 4.79 Å². The number of halogens is 1. The molecule has 0 saturated carbocycles. The highest BCUT2D eigenvalue weighted by atomic mass is 79.9. The van der Waals surface area contributed by atoms with E-state index < -0.39 is 0 Å². The van der Waals surface area contributed by atoms with E-state index in [2.05, 4.69) is 22.9 Å². The minimum atomic E-state index is -0.0541. The quantitative estimate of drug-likeness (QED) is 0.433. The Balaban J connectivity index is 3.30. The van der Waals surface area contributed by atoms with Crippen LogP contribution in [0.4, 0.5) is 0 Å². The first-order valence-corrected chi connectivity index (χ1v) is 7.90. The molecule has 0 N–H and O–H groups in total. The fourth-order valence-electron chi connectivity index (χ4n) is 1.90. The third kappa shape index (κ3) is 9.63. The highest BCUT2D eigenvalue weighted by Gasteiger charge is 2.13. The number of carbonyl (C=O) groups excluding carboxylic acids is 1. The normalized spacial score (nSPS) is 12.5. The van der Waals surface area contributed by atoms with E-state index >= 15 is 0 Å². The SMILES string of the molecule is CCCCCCCCCCN(C)C(=O)C(C)Br. The zero-order valence-corrected chi connectivity index (χ0v) is 13.3. The van der Waals surface area contributed by atoms with Gasteiger partial charge in [0.25, 0.3) is 0 Å². The molecule has 0 radical (unpaired) electrons. The topological polar surface area (TPSA) is 20.3 Å². The third-order valence-corrected chi connectivity index (χ3v) is 3.46. The van der Waals surface area contributed by atoms with Gasteiger partial charge in [-0.2, -0.15) is 0 Å². The minimum absolute atomic E-state index is 0.0541. The molecule has 0 spiro atoms. The first-order valence-electron chi connectivity index (χ1n) is 6.98. The average Bonchev–Trinajstić information content (AvgIpc) is 2.31. The van der Waals surface area contributed by atoms with Crippen LogP contribution in [0.1, 0.15) is 65.2 Å². The Morgan fingerprint density at radius 2 is 1.53 bits per heavy atom. The van der Waals surface area contributed by atoms with Gasteiger partial charge in [0, 0.05) is 13.6 Å². The molecule has 1 unspecified atom stereocenters. The number of nitrogens with zero attached hydrogens (tertiary/aromatic N) is 1. The third-order valence-electron chi connectivity index (χ3n) is 3.06. The van der Waals surface area contributed by atoms with Crippen LogP contribution in [0.5, 0.6) is 0 Å². The van der Waals surface area contributed by atoms with Crippen molar-refractivity contribution in [2.24, 2.45) is 0 Å². The highest BCUT2D eigenvalue weighted by Crippen LogP contribution is 2.09. The van der Waals surface area contributed by atoms with Gasteiger partial charge >= 0.3 is 0 Å². The maximum Gasteiger partial charge on any atom is 0.235 e. The van der Waals surface area contributed by atoms with E-state index in [9.17, 15) is 4.79 Å². The second-order valence-electron chi connectivity index (χ2n) is 4.85. The van der Waals surface area contributed by atoms with E-state index in [4.69, 9.17) is 0 Å². The van der Waals surface area contributed by atoms with E-state index in [1.54, 1.807) is 0 Å². The Kier molecular flexibility index (Phi) is 11.0. The molecule has 0 aromatic heterocycles. The molecule has 0 rings (SSSR count). The molecule has 0 bridgehead atoms. The van der Waals surface area contributed by atoms with Crippen molar-refractivity contribution in [2.45, 2.75) is 70.0 Å². The van der Waals surface area contributed by atoms with E-state index in [-0.39, 0.29) is 10.7 Å². The predicted molar refractivity (Wildman–Crippen MR) is 78.6 cm³/mol. The van der Waals surface area contributed by atoms with E-state index in [1.165, 1.54) is 44.9 Å². The number of hydrogen-bond donors (Lipinski definition) is 0. The largest absolute Gasteiger partial charge is 0.345 e. The lowest BCUT2D eigenvalue weighted by atomic mass is 10.1. The minimum Gasteiger partial charge on any atom is -0.345 e. The maximum atomic E-state index is 11.6. The number of hydrogen-bond acceptors (Lipinski definition) is 1. The zero-order chi connectivity index (χ0) is 13.1. The van der Waals surface area contributed by atoms with Crippen molar-refractivity contribution in [2.75, 3.05) is 13.6 Å². The molecular formula is C14H28BrNO. The molecule has 1 amide bonds. The summed E-state index contributed by atoms with van der Waals surface area (Å²) in [4.78, 5) is 13.3. The van der Waals surface area contributed by atoms with Crippen molar-refractivity contribution in [3.8, 4) is 0 Å². The lowest BCUT2D eigenvalue weighted by Gasteiger charge is -2.18. The summed E-state index contributed by atoms with van der Waals surface area (Å²) < 4.78 is 0. The van der Waals surface area contributed by atoms with Crippen LogP contribution in [-0.4, -0.2) is 29.2 Å². The second kappa shape index (κ2) is 11.1. The summed E-state index contributed by atoms with van der Waals surface area (Å²) in [7, 11) is 1.89. The van der Waals surface area contributed by atoms with Gasteiger partial charge in [-0.25, -0.2) is 0 Å². The van der Waals surface area contributed by atoms with E-state index in [1.807, 2.05) is 18.9 Å². The van der Waals surface area contributed by atoms with Gasteiger partial charge in [0.1, 0.15) is 0 Å². The summed E-state index contributed by atoms with van der Waals surface area (Å²) in [6, 6.07) is 0. The highest BCUT2D eigenvalue weighted by molar-refractivity contribution is 9.10. The monoisotopic (exact) mass is 305 g/mol. The summed E-state index contributed by atoms with van der Waals surface area (Å²) in [5.41, 5.74) is 0. The smallest absolute Gasteiger partial charge is 0.235 e. The first kappa shape index (κ1) is 16.9. The van der Waals surface area contributed by atoms with Crippen LogP contribution in [0.2, 0.25) is 0 Å². The van der Waals surface area contributed by atoms with Gasteiger partial charge in [-0.3, -0.25) is 4.79 Å². The molecule has 0 fully saturated rings. The van der Waals surface area contributed by atoms with Crippen LogP contribution in [0.15, 0.2) is 0 Å². The summed E-state index contributed by atoms with van der Waals surface area (Å²) in [5.74, 6) is 0.188. The Hall–Kier alpha value is -0.0500. The van der Waals surface area contributed by atoms with Gasteiger partial charge in [0.05, 0.1) is 4.83 Å². The molecule has 17 heavy (non-hydrogen) atoms. The molecule has 0 aliphatic heterocycles. The number of rotatable bonds is 10. The fourth-order valence-corrected chi connectivity index (χ4v) is 2.25. The lowest BCUT2D eigenvalue weighted by Crippen LogP contribution is -2.32. The predicted octanol–water partition coefficient (Wildman–Crippen LogP) is 4.37. The van der Waals surface area contributed by atoms with Crippen LogP contribution in [0, 0.1) is 0 Å². The van der Waals surface area contributed by atoms with Gasteiger partial charge in [-0.05, 0) is 13.3 Å². The molecule has 0 aliphatic carbocycles. The Bertz CT molecular complexity index is 195.